The van der Waals surface area contributed by atoms with Gasteiger partial charge in [0.15, 0.2) is 0 Å². The van der Waals surface area contributed by atoms with Crippen molar-refractivity contribution < 1.29 is 0 Å². The molecule has 2 heterocycles. The highest BCUT2D eigenvalue weighted by atomic mass is 32.1. The Labute approximate surface area is 113 Å². The van der Waals surface area contributed by atoms with Gasteiger partial charge in [0.2, 0.25) is 0 Å². The molecular formula is C16H19NS. The molecule has 1 aliphatic rings. The van der Waals surface area contributed by atoms with E-state index >= 15 is 0 Å². The lowest BCUT2D eigenvalue weighted by atomic mass is 10.0. The quantitative estimate of drug-likeness (QED) is 0.851. The van der Waals surface area contributed by atoms with Gasteiger partial charge in [-0.2, -0.15) is 0 Å². The van der Waals surface area contributed by atoms with Crippen LogP contribution in [0.15, 0.2) is 30.3 Å². The molecule has 0 radical (unpaired) electrons. The Hall–Kier alpha value is -1.12. The SMILES string of the molecule is CCc1ccc(-c2cc3c(s2)CCNC3C)cc1. The van der Waals surface area contributed by atoms with Gasteiger partial charge < -0.3 is 5.32 Å². The molecule has 1 aliphatic heterocycles. The van der Waals surface area contributed by atoms with Crippen molar-refractivity contribution >= 4 is 11.3 Å². The average molecular weight is 257 g/mol. The molecule has 1 N–H and O–H groups in total. The minimum atomic E-state index is 0.508. The molecule has 2 aromatic rings. The molecule has 0 amide bonds. The van der Waals surface area contributed by atoms with Crippen LogP contribution in [0.5, 0.6) is 0 Å². The minimum Gasteiger partial charge on any atom is -0.310 e. The molecule has 0 bridgehead atoms. The number of hydrogen-bond acceptors (Lipinski definition) is 2. The number of fused-ring (bicyclic) bond motifs is 1. The summed E-state index contributed by atoms with van der Waals surface area (Å²) in [6, 6.07) is 11.9. The van der Waals surface area contributed by atoms with Crippen LogP contribution in [0.4, 0.5) is 0 Å². The van der Waals surface area contributed by atoms with Gasteiger partial charge in [-0.25, -0.2) is 0 Å². The monoisotopic (exact) mass is 257 g/mol. The van der Waals surface area contributed by atoms with E-state index in [9.17, 15) is 0 Å². The molecule has 94 valence electrons. The third-order valence-electron chi connectivity index (χ3n) is 3.76. The van der Waals surface area contributed by atoms with E-state index in [1.54, 1.807) is 4.88 Å². The van der Waals surface area contributed by atoms with Gasteiger partial charge in [0.25, 0.3) is 0 Å². The van der Waals surface area contributed by atoms with Crippen LogP contribution in [-0.2, 0) is 12.8 Å². The number of benzene rings is 1. The first kappa shape index (κ1) is 11.9. The van der Waals surface area contributed by atoms with Crippen molar-refractivity contribution in [3.8, 4) is 10.4 Å². The zero-order chi connectivity index (χ0) is 12.5. The summed E-state index contributed by atoms with van der Waals surface area (Å²) in [4.78, 5) is 2.98. The number of nitrogens with one attached hydrogen (secondary N) is 1. The van der Waals surface area contributed by atoms with E-state index in [2.05, 4.69) is 49.5 Å². The summed E-state index contributed by atoms with van der Waals surface area (Å²) in [7, 11) is 0. The highest BCUT2D eigenvalue weighted by molar-refractivity contribution is 7.15. The maximum atomic E-state index is 3.53. The maximum Gasteiger partial charge on any atom is 0.0349 e. The molecule has 18 heavy (non-hydrogen) atoms. The lowest BCUT2D eigenvalue weighted by Crippen LogP contribution is -2.26. The Kier molecular flexibility index (Phi) is 3.23. The second-order valence-corrected chi connectivity index (χ2v) is 6.10. The second-order valence-electron chi connectivity index (χ2n) is 4.97. The summed E-state index contributed by atoms with van der Waals surface area (Å²) in [6.07, 6.45) is 2.29. The highest BCUT2D eigenvalue weighted by Crippen LogP contribution is 2.36. The van der Waals surface area contributed by atoms with Gasteiger partial charge in [-0.1, -0.05) is 31.2 Å². The molecule has 2 heteroatoms. The van der Waals surface area contributed by atoms with E-state index in [4.69, 9.17) is 0 Å². The zero-order valence-electron chi connectivity index (χ0n) is 11.0. The number of hydrogen-bond donors (Lipinski definition) is 1. The first-order valence-corrected chi connectivity index (χ1v) is 7.55. The van der Waals surface area contributed by atoms with Crippen molar-refractivity contribution in [2.24, 2.45) is 0 Å². The van der Waals surface area contributed by atoms with Crippen molar-refractivity contribution in [2.45, 2.75) is 32.7 Å². The van der Waals surface area contributed by atoms with Crippen LogP contribution in [0.3, 0.4) is 0 Å². The number of aryl methyl sites for hydroxylation is 1. The van der Waals surface area contributed by atoms with Crippen LogP contribution in [0.2, 0.25) is 0 Å². The highest BCUT2D eigenvalue weighted by Gasteiger charge is 2.19. The molecule has 1 unspecified atom stereocenters. The molecule has 0 saturated carbocycles. The normalized spacial score (nSPS) is 18.7. The van der Waals surface area contributed by atoms with Gasteiger partial charge in [-0.3, -0.25) is 0 Å². The lowest BCUT2D eigenvalue weighted by molar-refractivity contribution is 0.547. The van der Waals surface area contributed by atoms with Gasteiger partial charge in [-0.15, -0.1) is 11.3 Å². The molecule has 0 saturated heterocycles. The predicted octanol–water partition coefficient (Wildman–Crippen LogP) is 4.18. The van der Waals surface area contributed by atoms with Crippen LogP contribution in [0.25, 0.3) is 10.4 Å². The summed E-state index contributed by atoms with van der Waals surface area (Å²) in [6.45, 7) is 5.57. The Morgan fingerprint density at radius 2 is 2.06 bits per heavy atom. The molecule has 0 fully saturated rings. The maximum absolute atomic E-state index is 3.53. The van der Waals surface area contributed by atoms with Crippen LogP contribution in [0, 0.1) is 0 Å². The van der Waals surface area contributed by atoms with Crippen molar-refractivity contribution in [1.29, 1.82) is 0 Å². The van der Waals surface area contributed by atoms with Crippen LogP contribution in [0.1, 0.15) is 35.9 Å². The third kappa shape index (κ3) is 2.11. The van der Waals surface area contributed by atoms with E-state index in [0.717, 1.165) is 13.0 Å². The van der Waals surface area contributed by atoms with E-state index in [1.165, 1.54) is 28.0 Å². The van der Waals surface area contributed by atoms with Gasteiger partial charge >= 0.3 is 0 Å². The van der Waals surface area contributed by atoms with E-state index < -0.39 is 0 Å². The lowest BCUT2D eigenvalue weighted by Gasteiger charge is -2.19. The molecule has 0 spiro atoms. The molecule has 1 atom stereocenters. The summed E-state index contributed by atoms with van der Waals surface area (Å²) in [5, 5.41) is 3.53. The van der Waals surface area contributed by atoms with E-state index in [0.29, 0.717) is 6.04 Å². The third-order valence-corrected chi connectivity index (χ3v) is 5.02. The first-order valence-electron chi connectivity index (χ1n) is 6.73. The average Bonchev–Trinajstić information content (AvgIpc) is 2.84. The summed E-state index contributed by atoms with van der Waals surface area (Å²) >= 11 is 1.97. The standard InChI is InChI=1S/C16H19NS/c1-3-12-4-6-13(7-5-12)16-10-14-11(2)17-9-8-15(14)18-16/h4-7,10-11,17H,3,8-9H2,1-2H3. The van der Waals surface area contributed by atoms with Gasteiger partial charge in [-0.05, 0) is 42.5 Å². The molecule has 1 aromatic heterocycles. The first-order chi connectivity index (χ1) is 8.78. The zero-order valence-corrected chi connectivity index (χ0v) is 11.8. The summed E-state index contributed by atoms with van der Waals surface area (Å²) in [5.74, 6) is 0. The largest absolute Gasteiger partial charge is 0.310 e. The summed E-state index contributed by atoms with van der Waals surface area (Å²) < 4.78 is 0. The predicted molar refractivity (Wildman–Crippen MR) is 79.3 cm³/mol. The molecule has 3 rings (SSSR count). The van der Waals surface area contributed by atoms with Crippen LogP contribution >= 0.6 is 11.3 Å². The van der Waals surface area contributed by atoms with Crippen molar-refractivity contribution in [2.75, 3.05) is 6.54 Å². The second kappa shape index (κ2) is 4.87. The topological polar surface area (TPSA) is 12.0 Å². The van der Waals surface area contributed by atoms with Gasteiger partial charge in [0.05, 0.1) is 0 Å². The van der Waals surface area contributed by atoms with Crippen LogP contribution < -0.4 is 5.32 Å². The van der Waals surface area contributed by atoms with Crippen molar-refractivity contribution in [3.63, 3.8) is 0 Å². The van der Waals surface area contributed by atoms with Gasteiger partial charge in [0.1, 0.15) is 0 Å². The Bertz CT molecular complexity index is 539. The minimum absolute atomic E-state index is 0.508. The fourth-order valence-corrected chi connectivity index (χ4v) is 3.83. The molecule has 1 aromatic carbocycles. The fourth-order valence-electron chi connectivity index (χ4n) is 2.56. The van der Waals surface area contributed by atoms with E-state index in [-0.39, 0.29) is 0 Å². The Morgan fingerprint density at radius 3 is 2.72 bits per heavy atom. The fraction of sp³-hybridized carbons (Fsp3) is 0.375. The smallest absolute Gasteiger partial charge is 0.0349 e. The van der Waals surface area contributed by atoms with Gasteiger partial charge in [0, 0.05) is 22.3 Å². The Morgan fingerprint density at radius 1 is 1.28 bits per heavy atom. The number of thiophene rings is 1. The van der Waals surface area contributed by atoms with Crippen molar-refractivity contribution in [1.82, 2.24) is 5.32 Å². The van der Waals surface area contributed by atoms with E-state index in [1.807, 2.05) is 11.3 Å². The van der Waals surface area contributed by atoms with Crippen molar-refractivity contribution in [3.05, 3.63) is 46.3 Å². The molecule has 1 nitrogen and oxygen atoms in total. The number of rotatable bonds is 2. The van der Waals surface area contributed by atoms with Crippen LogP contribution in [-0.4, -0.2) is 6.54 Å². The molecular weight excluding hydrogens is 238 g/mol. The summed E-state index contributed by atoms with van der Waals surface area (Å²) in [5.41, 5.74) is 4.27. The Balaban J connectivity index is 1.96. The molecule has 0 aliphatic carbocycles.